The average molecular weight is 433 g/mol. The summed E-state index contributed by atoms with van der Waals surface area (Å²) in [5, 5.41) is 5.17. The summed E-state index contributed by atoms with van der Waals surface area (Å²) in [6.07, 6.45) is -0.00799. The molecule has 9 nitrogen and oxygen atoms in total. The van der Waals surface area contributed by atoms with Crippen LogP contribution >= 0.6 is 0 Å². The lowest BCUT2D eigenvalue weighted by Gasteiger charge is -2.13. The highest BCUT2D eigenvalue weighted by Gasteiger charge is 2.18. The zero-order valence-electron chi connectivity index (χ0n) is 16.6. The van der Waals surface area contributed by atoms with Crippen LogP contribution < -0.4 is 21.1 Å². The van der Waals surface area contributed by atoms with Crippen molar-refractivity contribution in [3.05, 3.63) is 59.7 Å². The molecular weight excluding hydrogens is 408 g/mol. The third-order valence-electron chi connectivity index (χ3n) is 3.87. The Kier molecular flexibility index (Phi) is 7.67. The smallest absolute Gasteiger partial charge is 0.255 e. The van der Waals surface area contributed by atoms with Crippen LogP contribution in [0.4, 0.5) is 5.69 Å². The molecule has 0 atom stereocenters. The molecule has 2 rings (SSSR count). The molecule has 2 aromatic carbocycles. The number of hydrogen-bond donors (Lipinski definition) is 4. The van der Waals surface area contributed by atoms with Crippen molar-refractivity contribution in [2.24, 2.45) is 5.73 Å². The van der Waals surface area contributed by atoms with Crippen molar-refractivity contribution >= 4 is 33.4 Å². The summed E-state index contributed by atoms with van der Waals surface area (Å²) in [6.45, 7) is 3.46. The fraction of sp³-hybridized carbons (Fsp3) is 0.250. The maximum atomic E-state index is 12.7. The standard InChI is InChI=1S/C20H24N4O5S/c1-13(2)24-30(28,29)15-7-5-6-14(12-15)19(26)23-17-9-4-3-8-16(17)20(27)22-11-10-18(21)25/h3-9,12-13,24H,10-11H2,1-2H3,(H2,21,25)(H,22,27)(H,23,26). The molecule has 0 heterocycles. The van der Waals surface area contributed by atoms with Gasteiger partial charge >= 0.3 is 0 Å². The molecule has 30 heavy (non-hydrogen) atoms. The molecule has 160 valence electrons. The Labute approximate surface area is 175 Å². The van der Waals surface area contributed by atoms with Crippen molar-refractivity contribution in [2.45, 2.75) is 31.2 Å². The van der Waals surface area contributed by atoms with E-state index in [1.165, 1.54) is 30.3 Å². The van der Waals surface area contributed by atoms with Crippen LogP contribution in [0.2, 0.25) is 0 Å². The van der Waals surface area contributed by atoms with Crippen LogP contribution in [0.1, 0.15) is 41.0 Å². The number of carbonyl (C=O) groups excluding carboxylic acids is 3. The fourth-order valence-electron chi connectivity index (χ4n) is 2.56. The molecule has 0 unspecified atom stereocenters. The highest BCUT2D eigenvalue weighted by molar-refractivity contribution is 7.89. The SMILES string of the molecule is CC(C)NS(=O)(=O)c1cccc(C(=O)Nc2ccccc2C(=O)NCCC(N)=O)c1. The Balaban J connectivity index is 2.20. The Morgan fingerprint density at radius 3 is 2.37 bits per heavy atom. The van der Waals surface area contributed by atoms with Gasteiger partial charge < -0.3 is 16.4 Å². The molecule has 0 aromatic heterocycles. The van der Waals surface area contributed by atoms with Crippen LogP contribution in [0, 0.1) is 0 Å². The van der Waals surface area contributed by atoms with E-state index in [4.69, 9.17) is 5.73 Å². The first-order chi connectivity index (χ1) is 14.1. The number of benzene rings is 2. The summed E-state index contributed by atoms with van der Waals surface area (Å²) in [5.41, 5.74) is 5.61. The van der Waals surface area contributed by atoms with Gasteiger partial charge in [0, 0.05) is 24.6 Å². The predicted octanol–water partition coefficient (Wildman–Crippen LogP) is 1.23. The van der Waals surface area contributed by atoms with Crippen molar-refractivity contribution in [3.8, 4) is 0 Å². The van der Waals surface area contributed by atoms with Gasteiger partial charge in [-0.05, 0) is 44.2 Å². The van der Waals surface area contributed by atoms with Crippen molar-refractivity contribution < 1.29 is 22.8 Å². The summed E-state index contributed by atoms with van der Waals surface area (Å²) in [6, 6.07) is 11.6. The number of nitrogens with two attached hydrogens (primary N) is 1. The number of amides is 3. The van der Waals surface area contributed by atoms with Crippen molar-refractivity contribution in [1.82, 2.24) is 10.0 Å². The van der Waals surface area contributed by atoms with E-state index in [1.807, 2.05) is 0 Å². The third-order valence-corrected chi connectivity index (χ3v) is 5.53. The number of rotatable bonds is 9. The Hall–Kier alpha value is -3.24. The van der Waals surface area contributed by atoms with Gasteiger partial charge in [0.2, 0.25) is 15.9 Å². The normalized spacial score (nSPS) is 11.2. The lowest BCUT2D eigenvalue weighted by molar-refractivity contribution is -0.117. The molecule has 0 aliphatic carbocycles. The van der Waals surface area contributed by atoms with E-state index in [2.05, 4.69) is 15.4 Å². The number of nitrogens with one attached hydrogen (secondary N) is 3. The molecule has 0 spiro atoms. The van der Waals surface area contributed by atoms with E-state index in [0.717, 1.165) is 0 Å². The number of carbonyl (C=O) groups is 3. The van der Waals surface area contributed by atoms with Gasteiger partial charge in [0.05, 0.1) is 16.1 Å². The maximum Gasteiger partial charge on any atom is 0.255 e. The minimum absolute atomic E-state index is 0.00799. The van der Waals surface area contributed by atoms with Crippen LogP contribution in [0.3, 0.4) is 0 Å². The first-order valence-electron chi connectivity index (χ1n) is 9.19. The molecule has 0 saturated carbocycles. The average Bonchev–Trinajstić information content (AvgIpc) is 2.67. The zero-order valence-corrected chi connectivity index (χ0v) is 17.5. The molecule has 0 saturated heterocycles. The van der Waals surface area contributed by atoms with Gasteiger partial charge in [0.15, 0.2) is 0 Å². The van der Waals surface area contributed by atoms with Crippen LogP contribution in [0.5, 0.6) is 0 Å². The molecule has 10 heteroatoms. The summed E-state index contributed by atoms with van der Waals surface area (Å²) >= 11 is 0. The monoisotopic (exact) mass is 432 g/mol. The van der Waals surface area contributed by atoms with Crippen molar-refractivity contribution in [3.63, 3.8) is 0 Å². The second-order valence-electron chi connectivity index (χ2n) is 6.78. The number of anilines is 1. The summed E-state index contributed by atoms with van der Waals surface area (Å²) in [5.74, 6) is -1.60. The molecule has 0 fully saturated rings. The molecular formula is C20H24N4O5S. The third kappa shape index (κ3) is 6.39. The van der Waals surface area contributed by atoms with Crippen LogP contribution in [0.15, 0.2) is 53.4 Å². The van der Waals surface area contributed by atoms with Crippen LogP contribution in [-0.2, 0) is 14.8 Å². The van der Waals surface area contributed by atoms with Crippen molar-refractivity contribution in [1.29, 1.82) is 0 Å². The van der Waals surface area contributed by atoms with Gasteiger partial charge in [-0.3, -0.25) is 14.4 Å². The largest absolute Gasteiger partial charge is 0.370 e. The molecule has 5 N–H and O–H groups in total. The van der Waals surface area contributed by atoms with Crippen LogP contribution in [-0.4, -0.2) is 38.7 Å². The molecule has 0 aliphatic heterocycles. The second kappa shape index (κ2) is 9.99. The topological polar surface area (TPSA) is 147 Å². The highest BCUT2D eigenvalue weighted by Crippen LogP contribution is 2.18. The minimum atomic E-state index is -3.76. The molecule has 0 radical (unpaired) electrons. The zero-order chi connectivity index (χ0) is 22.3. The van der Waals surface area contributed by atoms with Gasteiger partial charge in [-0.15, -0.1) is 0 Å². The Morgan fingerprint density at radius 2 is 1.70 bits per heavy atom. The van der Waals surface area contributed by atoms with Gasteiger partial charge in [0.25, 0.3) is 11.8 Å². The number of para-hydroxylation sites is 1. The fourth-order valence-corrected chi connectivity index (χ4v) is 3.86. The van der Waals surface area contributed by atoms with E-state index < -0.39 is 27.7 Å². The number of hydrogen-bond acceptors (Lipinski definition) is 5. The summed E-state index contributed by atoms with van der Waals surface area (Å²) < 4.78 is 27.1. The van der Waals surface area contributed by atoms with Gasteiger partial charge in [-0.25, -0.2) is 13.1 Å². The van der Waals surface area contributed by atoms with E-state index in [-0.39, 0.29) is 40.7 Å². The lowest BCUT2D eigenvalue weighted by atomic mass is 10.1. The van der Waals surface area contributed by atoms with Gasteiger partial charge in [-0.1, -0.05) is 18.2 Å². The Bertz CT molecular complexity index is 1050. The second-order valence-corrected chi connectivity index (χ2v) is 8.49. The first-order valence-corrected chi connectivity index (χ1v) is 10.7. The molecule has 0 bridgehead atoms. The molecule has 2 aromatic rings. The van der Waals surface area contributed by atoms with E-state index in [9.17, 15) is 22.8 Å². The molecule has 3 amide bonds. The van der Waals surface area contributed by atoms with Crippen LogP contribution in [0.25, 0.3) is 0 Å². The highest BCUT2D eigenvalue weighted by atomic mass is 32.2. The van der Waals surface area contributed by atoms with Crippen molar-refractivity contribution in [2.75, 3.05) is 11.9 Å². The summed E-state index contributed by atoms with van der Waals surface area (Å²) in [4.78, 5) is 35.8. The molecule has 0 aliphatic rings. The maximum absolute atomic E-state index is 12.7. The lowest BCUT2D eigenvalue weighted by Crippen LogP contribution is -2.30. The van der Waals surface area contributed by atoms with Gasteiger partial charge in [-0.2, -0.15) is 0 Å². The Morgan fingerprint density at radius 1 is 1.00 bits per heavy atom. The van der Waals surface area contributed by atoms with E-state index >= 15 is 0 Å². The van der Waals surface area contributed by atoms with E-state index in [0.29, 0.717) is 0 Å². The van der Waals surface area contributed by atoms with E-state index in [1.54, 1.807) is 32.0 Å². The number of primary amides is 1. The predicted molar refractivity (Wildman–Crippen MR) is 112 cm³/mol. The minimum Gasteiger partial charge on any atom is -0.370 e. The van der Waals surface area contributed by atoms with Gasteiger partial charge in [0.1, 0.15) is 0 Å². The quantitative estimate of drug-likeness (QED) is 0.470. The first kappa shape index (κ1) is 23.0. The number of sulfonamides is 1. The summed E-state index contributed by atoms with van der Waals surface area (Å²) in [7, 11) is -3.76.